The first-order valence-corrected chi connectivity index (χ1v) is 6.66. The number of rotatable bonds is 8. The molecule has 2 atom stereocenters. The maximum Gasteiger partial charge on any atom is 0.243 e. The highest BCUT2D eigenvalue weighted by Crippen LogP contribution is 2.13. The highest BCUT2D eigenvalue weighted by atomic mass is 35.5. The monoisotopic (exact) mass is 245 g/mol. The van der Waals surface area contributed by atoms with E-state index in [0.717, 1.165) is 25.7 Å². The number of carbonyl (C=O) groups excluding carboxylic acids is 1. The van der Waals surface area contributed by atoms with E-state index in [-0.39, 0.29) is 11.9 Å². The summed E-state index contributed by atoms with van der Waals surface area (Å²) >= 11 is 5.69. The molecule has 1 amide bonds. The van der Waals surface area contributed by atoms with Crippen molar-refractivity contribution in [2.75, 3.05) is 5.88 Å². The van der Waals surface area contributed by atoms with Crippen molar-refractivity contribution < 1.29 is 4.79 Å². The fourth-order valence-corrected chi connectivity index (χ4v) is 1.78. The highest BCUT2D eigenvalue weighted by molar-refractivity contribution is 6.17. The molecule has 0 radical (unpaired) electrons. The third-order valence-corrected chi connectivity index (χ3v) is 3.00. The Balaban J connectivity index is 4.13. The lowest BCUT2D eigenvalue weighted by atomic mass is 9.96. The lowest BCUT2D eigenvalue weighted by molar-refractivity contribution is -0.117. The Bertz CT molecular complexity index is 216. The van der Waals surface area contributed by atoms with Gasteiger partial charge in [-0.15, -0.1) is 11.6 Å². The van der Waals surface area contributed by atoms with Crippen molar-refractivity contribution in [3.8, 4) is 0 Å². The topological polar surface area (TPSA) is 29.1 Å². The van der Waals surface area contributed by atoms with Crippen LogP contribution in [-0.2, 0) is 4.79 Å². The number of halogens is 1. The molecular weight excluding hydrogens is 222 g/mol. The molecule has 0 spiro atoms. The molecule has 0 fully saturated rings. The van der Waals surface area contributed by atoms with Crippen molar-refractivity contribution >= 4 is 17.5 Å². The molecule has 3 heteroatoms. The fraction of sp³-hybridized carbons (Fsp3) is 0.769. The largest absolute Gasteiger partial charge is 0.350 e. The predicted octanol–water partition coefficient (Wildman–Crippen LogP) is 3.50. The van der Waals surface area contributed by atoms with Gasteiger partial charge in [-0.1, -0.05) is 26.3 Å². The minimum Gasteiger partial charge on any atom is -0.350 e. The molecule has 16 heavy (non-hydrogen) atoms. The van der Waals surface area contributed by atoms with Crippen LogP contribution in [0.4, 0.5) is 0 Å². The van der Waals surface area contributed by atoms with Crippen molar-refractivity contribution in [2.24, 2.45) is 5.92 Å². The number of amides is 1. The second-order valence-corrected chi connectivity index (χ2v) is 4.66. The van der Waals surface area contributed by atoms with Crippen LogP contribution in [0, 0.1) is 5.92 Å². The molecule has 0 aromatic heterocycles. The van der Waals surface area contributed by atoms with Gasteiger partial charge in [0, 0.05) is 11.9 Å². The van der Waals surface area contributed by atoms with Crippen LogP contribution in [0.25, 0.3) is 0 Å². The molecule has 1 N–H and O–H groups in total. The van der Waals surface area contributed by atoms with Crippen molar-refractivity contribution in [2.45, 2.75) is 52.5 Å². The van der Waals surface area contributed by atoms with E-state index in [4.69, 9.17) is 11.6 Å². The highest BCUT2D eigenvalue weighted by Gasteiger charge is 2.13. The normalized spacial score (nSPS) is 15.0. The van der Waals surface area contributed by atoms with Gasteiger partial charge in [0.15, 0.2) is 0 Å². The Hall–Kier alpha value is -0.500. The van der Waals surface area contributed by atoms with Crippen LogP contribution in [0.1, 0.15) is 46.5 Å². The predicted molar refractivity (Wildman–Crippen MR) is 70.8 cm³/mol. The number of hydrogen-bond donors (Lipinski definition) is 1. The molecule has 0 aromatic rings. The minimum absolute atomic E-state index is 0.00498. The number of carbonyl (C=O) groups is 1. The Kier molecular flexibility index (Phi) is 9.40. The lowest BCUT2D eigenvalue weighted by Crippen LogP contribution is -2.35. The maximum atomic E-state index is 11.5. The number of hydrogen-bond acceptors (Lipinski definition) is 1. The molecule has 0 saturated heterocycles. The molecule has 2 unspecified atom stereocenters. The Morgan fingerprint density at radius 3 is 2.69 bits per heavy atom. The molecule has 0 aliphatic carbocycles. The van der Waals surface area contributed by atoms with Crippen molar-refractivity contribution in [3.63, 3.8) is 0 Å². The van der Waals surface area contributed by atoms with Gasteiger partial charge >= 0.3 is 0 Å². The Morgan fingerprint density at radius 2 is 2.19 bits per heavy atom. The summed E-state index contributed by atoms with van der Waals surface area (Å²) in [5.41, 5.74) is 0. The smallest absolute Gasteiger partial charge is 0.243 e. The summed E-state index contributed by atoms with van der Waals surface area (Å²) in [6.45, 7) is 6.24. The van der Waals surface area contributed by atoms with Crippen LogP contribution in [-0.4, -0.2) is 17.8 Å². The summed E-state index contributed by atoms with van der Waals surface area (Å²) in [5.74, 6) is 1.31. The van der Waals surface area contributed by atoms with Gasteiger partial charge in [-0.25, -0.2) is 0 Å². The molecule has 94 valence electrons. The zero-order valence-corrected chi connectivity index (χ0v) is 11.4. The van der Waals surface area contributed by atoms with Crippen LogP contribution in [0.2, 0.25) is 0 Å². The average Bonchev–Trinajstić information content (AvgIpc) is 2.26. The van der Waals surface area contributed by atoms with Crippen LogP contribution in [0.5, 0.6) is 0 Å². The molecule has 0 bridgehead atoms. The van der Waals surface area contributed by atoms with Crippen molar-refractivity contribution in [3.05, 3.63) is 12.2 Å². The summed E-state index contributed by atoms with van der Waals surface area (Å²) in [7, 11) is 0. The van der Waals surface area contributed by atoms with Gasteiger partial charge in [0.2, 0.25) is 5.91 Å². The van der Waals surface area contributed by atoms with Crippen molar-refractivity contribution in [1.82, 2.24) is 5.32 Å². The standard InChI is InChI=1S/C13H24ClNO/c1-4-7-13(16)15-12(8-6-9-14)10-11(3)5-2/h4,7,11-12H,5-6,8-10H2,1-3H3,(H,15,16). The van der Waals surface area contributed by atoms with Gasteiger partial charge in [0.1, 0.15) is 0 Å². The van der Waals surface area contributed by atoms with E-state index in [1.54, 1.807) is 12.2 Å². The third-order valence-electron chi connectivity index (χ3n) is 2.73. The van der Waals surface area contributed by atoms with Crippen LogP contribution >= 0.6 is 11.6 Å². The van der Waals surface area contributed by atoms with E-state index in [1.807, 2.05) is 6.92 Å². The summed E-state index contributed by atoms with van der Waals surface area (Å²) in [4.78, 5) is 11.5. The number of alkyl halides is 1. The van der Waals surface area contributed by atoms with E-state index in [0.29, 0.717) is 11.8 Å². The van der Waals surface area contributed by atoms with Crippen LogP contribution < -0.4 is 5.32 Å². The molecule has 2 nitrogen and oxygen atoms in total. The van der Waals surface area contributed by atoms with Crippen LogP contribution in [0.15, 0.2) is 12.2 Å². The zero-order chi connectivity index (χ0) is 12.4. The third kappa shape index (κ3) is 7.75. The molecule has 0 saturated carbocycles. The SMILES string of the molecule is CC=CC(=O)NC(CCCCl)CC(C)CC. The molecule has 0 aliphatic heterocycles. The molecule has 0 rings (SSSR count). The summed E-state index contributed by atoms with van der Waals surface area (Å²) < 4.78 is 0. The van der Waals surface area contributed by atoms with E-state index in [1.165, 1.54) is 0 Å². The van der Waals surface area contributed by atoms with Gasteiger partial charge < -0.3 is 5.32 Å². The van der Waals surface area contributed by atoms with Gasteiger partial charge in [0.25, 0.3) is 0 Å². The zero-order valence-electron chi connectivity index (χ0n) is 10.6. The summed E-state index contributed by atoms with van der Waals surface area (Å²) in [5, 5.41) is 3.03. The molecule has 0 aromatic carbocycles. The minimum atomic E-state index is 0.00498. The van der Waals surface area contributed by atoms with Gasteiger partial charge in [-0.2, -0.15) is 0 Å². The fourth-order valence-electron chi connectivity index (χ4n) is 1.63. The second kappa shape index (κ2) is 9.71. The van der Waals surface area contributed by atoms with Gasteiger partial charge in [0.05, 0.1) is 0 Å². The first kappa shape index (κ1) is 15.5. The van der Waals surface area contributed by atoms with E-state index < -0.39 is 0 Å². The van der Waals surface area contributed by atoms with E-state index in [9.17, 15) is 4.79 Å². The maximum absolute atomic E-state index is 11.5. The Labute approximate surface area is 104 Å². The van der Waals surface area contributed by atoms with Crippen molar-refractivity contribution in [1.29, 1.82) is 0 Å². The number of allylic oxidation sites excluding steroid dienone is 1. The lowest BCUT2D eigenvalue weighted by Gasteiger charge is -2.20. The first-order chi connectivity index (χ1) is 7.63. The Morgan fingerprint density at radius 1 is 1.50 bits per heavy atom. The van der Waals surface area contributed by atoms with E-state index >= 15 is 0 Å². The molecule has 0 heterocycles. The van der Waals surface area contributed by atoms with Gasteiger partial charge in [-0.05, 0) is 38.2 Å². The quantitative estimate of drug-likeness (QED) is 0.515. The van der Waals surface area contributed by atoms with E-state index in [2.05, 4.69) is 19.2 Å². The van der Waals surface area contributed by atoms with Gasteiger partial charge in [-0.3, -0.25) is 4.79 Å². The summed E-state index contributed by atoms with van der Waals surface area (Å²) in [6, 6.07) is 0.261. The number of nitrogens with one attached hydrogen (secondary N) is 1. The second-order valence-electron chi connectivity index (χ2n) is 4.29. The first-order valence-electron chi connectivity index (χ1n) is 6.13. The van der Waals surface area contributed by atoms with Crippen LogP contribution in [0.3, 0.4) is 0 Å². The molecular formula is C13H24ClNO. The molecule has 0 aliphatic rings. The summed E-state index contributed by atoms with van der Waals surface area (Å²) in [6.07, 6.45) is 7.45. The average molecular weight is 246 g/mol.